The zero-order valence-electron chi connectivity index (χ0n) is 13.7. The van der Waals surface area contributed by atoms with E-state index in [1.807, 2.05) is 6.08 Å². The standard InChI is InChI=1S/C21H26O/c1-3-4-15-6-10-20-19-8-5-14-13-16(22)7-9-17(14)18(19)11-12-21(15,20)2/h1,13,15,19-20H,4-12H2,2H3/t15-,19-,20+,21-/m1/s1. The Morgan fingerprint density at radius 1 is 1.23 bits per heavy atom. The minimum absolute atomic E-state index is 0.341. The molecule has 0 saturated heterocycles. The van der Waals surface area contributed by atoms with Crippen molar-refractivity contribution in [3.05, 3.63) is 22.8 Å². The van der Waals surface area contributed by atoms with E-state index in [1.54, 1.807) is 11.1 Å². The molecule has 2 saturated carbocycles. The maximum absolute atomic E-state index is 11.7. The fourth-order valence-corrected chi connectivity index (χ4v) is 6.12. The van der Waals surface area contributed by atoms with Gasteiger partial charge in [-0.05, 0) is 85.3 Å². The van der Waals surface area contributed by atoms with E-state index >= 15 is 0 Å². The van der Waals surface area contributed by atoms with Crippen LogP contribution < -0.4 is 0 Å². The van der Waals surface area contributed by atoms with Crippen molar-refractivity contribution < 1.29 is 4.79 Å². The average molecular weight is 294 g/mol. The molecule has 2 fully saturated rings. The fourth-order valence-electron chi connectivity index (χ4n) is 6.12. The van der Waals surface area contributed by atoms with E-state index in [9.17, 15) is 4.79 Å². The van der Waals surface area contributed by atoms with Crippen LogP contribution in [0.2, 0.25) is 0 Å². The first kappa shape index (κ1) is 14.3. The SMILES string of the molecule is C#CC[C@@H]1CC[C@H]2[C@@H]3CCC4=CC(=O)CCC4=C3CC[C@]12C. The van der Waals surface area contributed by atoms with Crippen LogP contribution in [0.15, 0.2) is 22.8 Å². The number of terminal acetylenes is 1. The average Bonchev–Trinajstić information content (AvgIpc) is 2.84. The van der Waals surface area contributed by atoms with Crippen molar-refractivity contribution in [2.24, 2.45) is 23.2 Å². The second-order valence-electron chi connectivity index (χ2n) is 8.08. The first-order valence-electron chi connectivity index (χ1n) is 9.02. The van der Waals surface area contributed by atoms with Crippen molar-refractivity contribution >= 4 is 5.78 Å². The van der Waals surface area contributed by atoms with Gasteiger partial charge in [-0.2, -0.15) is 0 Å². The molecular formula is C21H26O. The van der Waals surface area contributed by atoms with Gasteiger partial charge in [0.15, 0.2) is 5.78 Å². The Kier molecular flexibility index (Phi) is 3.33. The number of carbonyl (C=O) groups is 1. The van der Waals surface area contributed by atoms with Gasteiger partial charge in [0, 0.05) is 12.8 Å². The summed E-state index contributed by atoms with van der Waals surface area (Å²) in [6.07, 6.45) is 17.9. The normalized spacial score (nSPS) is 40.5. The Bertz CT molecular complexity index is 614. The zero-order valence-corrected chi connectivity index (χ0v) is 13.7. The van der Waals surface area contributed by atoms with Crippen LogP contribution in [-0.2, 0) is 4.79 Å². The van der Waals surface area contributed by atoms with E-state index in [2.05, 4.69) is 12.8 Å². The Hall–Kier alpha value is -1.29. The molecule has 0 unspecified atom stereocenters. The molecule has 0 N–H and O–H groups in total. The lowest BCUT2D eigenvalue weighted by Crippen LogP contribution is -2.40. The molecule has 1 nitrogen and oxygen atoms in total. The predicted molar refractivity (Wildman–Crippen MR) is 89.1 cm³/mol. The van der Waals surface area contributed by atoms with Crippen molar-refractivity contribution in [1.29, 1.82) is 0 Å². The molecule has 4 rings (SSSR count). The quantitative estimate of drug-likeness (QED) is 0.633. The predicted octanol–water partition coefficient (Wildman–Crippen LogP) is 4.83. The molecule has 4 atom stereocenters. The lowest BCUT2D eigenvalue weighted by molar-refractivity contribution is -0.114. The van der Waals surface area contributed by atoms with Crippen LogP contribution in [0.1, 0.15) is 64.7 Å². The molecule has 4 aliphatic rings. The third-order valence-corrected chi connectivity index (χ3v) is 7.29. The Balaban J connectivity index is 1.69. The maximum atomic E-state index is 11.7. The molecule has 22 heavy (non-hydrogen) atoms. The Morgan fingerprint density at radius 3 is 2.91 bits per heavy atom. The number of ketones is 1. The van der Waals surface area contributed by atoms with Gasteiger partial charge in [-0.3, -0.25) is 4.79 Å². The highest BCUT2D eigenvalue weighted by molar-refractivity contribution is 5.93. The van der Waals surface area contributed by atoms with Crippen molar-refractivity contribution in [2.45, 2.75) is 64.7 Å². The molecule has 0 aliphatic heterocycles. The molecule has 0 aromatic rings. The lowest BCUT2D eigenvalue weighted by Gasteiger charge is -2.49. The summed E-state index contributed by atoms with van der Waals surface area (Å²) >= 11 is 0. The monoisotopic (exact) mass is 294 g/mol. The van der Waals surface area contributed by atoms with E-state index in [1.165, 1.54) is 37.7 Å². The summed E-state index contributed by atoms with van der Waals surface area (Å²) in [5.41, 5.74) is 5.16. The first-order chi connectivity index (χ1) is 10.6. The van der Waals surface area contributed by atoms with E-state index in [4.69, 9.17) is 6.42 Å². The van der Waals surface area contributed by atoms with Gasteiger partial charge in [-0.1, -0.05) is 12.5 Å². The van der Waals surface area contributed by atoms with E-state index in [0.717, 1.165) is 43.4 Å². The van der Waals surface area contributed by atoms with Crippen molar-refractivity contribution in [2.75, 3.05) is 0 Å². The summed E-state index contributed by atoms with van der Waals surface area (Å²) in [5, 5.41) is 0. The zero-order chi connectivity index (χ0) is 15.3. The molecule has 0 aromatic carbocycles. The second kappa shape index (κ2) is 5.12. The molecule has 0 spiro atoms. The third-order valence-electron chi connectivity index (χ3n) is 7.29. The van der Waals surface area contributed by atoms with Crippen LogP contribution >= 0.6 is 0 Å². The second-order valence-corrected chi connectivity index (χ2v) is 8.08. The highest BCUT2D eigenvalue weighted by atomic mass is 16.1. The van der Waals surface area contributed by atoms with Gasteiger partial charge >= 0.3 is 0 Å². The first-order valence-corrected chi connectivity index (χ1v) is 9.02. The summed E-state index contributed by atoms with van der Waals surface area (Å²) in [7, 11) is 0. The highest BCUT2D eigenvalue weighted by Gasteiger charge is 2.53. The minimum Gasteiger partial charge on any atom is -0.295 e. The number of fused-ring (bicyclic) bond motifs is 4. The van der Waals surface area contributed by atoms with Crippen LogP contribution in [0.4, 0.5) is 0 Å². The highest BCUT2D eigenvalue weighted by Crippen LogP contribution is 2.62. The van der Waals surface area contributed by atoms with Gasteiger partial charge in [0.05, 0.1) is 0 Å². The maximum Gasteiger partial charge on any atom is 0.156 e. The smallest absolute Gasteiger partial charge is 0.156 e. The third kappa shape index (κ3) is 1.96. The summed E-state index contributed by atoms with van der Waals surface area (Å²) < 4.78 is 0. The fraction of sp³-hybridized carbons (Fsp3) is 0.667. The molecule has 0 bridgehead atoms. The van der Waals surface area contributed by atoms with Crippen molar-refractivity contribution in [1.82, 2.24) is 0 Å². The van der Waals surface area contributed by atoms with Crippen LogP contribution in [-0.4, -0.2) is 5.78 Å². The Morgan fingerprint density at radius 2 is 2.09 bits per heavy atom. The summed E-state index contributed by atoms with van der Waals surface area (Å²) in [4.78, 5) is 11.7. The van der Waals surface area contributed by atoms with Crippen molar-refractivity contribution in [3.8, 4) is 12.3 Å². The van der Waals surface area contributed by atoms with Crippen LogP contribution in [0.3, 0.4) is 0 Å². The van der Waals surface area contributed by atoms with E-state index < -0.39 is 0 Å². The van der Waals surface area contributed by atoms with Gasteiger partial charge < -0.3 is 0 Å². The summed E-state index contributed by atoms with van der Waals surface area (Å²) in [5.74, 6) is 5.62. The number of rotatable bonds is 1. The van der Waals surface area contributed by atoms with Gasteiger partial charge in [-0.25, -0.2) is 0 Å². The van der Waals surface area contributed by atoms with Gasteiger partial charge in [0.2, 0.25) is 0 Å². The number of hydrogen-bond donors (Lipinski definition) is 0. The summed E-state index contributed by atoms with van der Waals surface area (Å²) in [6, 6.07) is 0. The van der Waals surface area contributed by atoms with Crippen LogP contribution in [0.5, 0.6) is 0 Å². The largest absolute Gasteiger partial charge is 0.295 e. The molecular weight excluding hydrogens is 268 g/mol. The molecule has 0 heterocycles. The topological polar surface area (TPSA) is 17.1 Å². The number of carbonyl (C=O) groups excluding carboxylic acids is 1. The summed E-state index contributed by atoms with van der Waals surface area (Å²) in [6.45, 7) is 2.52. The molecule has 1 heteroatoms. The number of allylic oxidation sites excluding steroid dienone is 4. The lowest BCUT2D eigenvalue weighted by atomic mass is 9.56. The molecule has 0 amide bonds. The molecule has 116 valence electrons. The van der Waals surface area contributed by atoms with Gasteiger partial charge in [0.1, 0.15) is 0 Å². The van der Waals surface area contributed by atoms with Crippen LogP contribution in [0.25, 0.3) is 0 Å². The molecule has 0 aromatic heterocycles. The Labute approximate surface area is 134 Å². The minimum atomic E-state index is 0.341. The van der Waals surface area contributed by atoms with Crippen LogP contribution in [0, 0.1) is 35.5 Å². The van der Waals surface area contributed by atoms with Gasteiger partial charge in [0.25, 0.3) is 0 Å². The molecule has 4 aliphatic carbocycles. The molecule has 0 radical (unpaired) electrons. The van der Waals surface area contributed by atoms with E-state index in [0.29, 0.717) is 11.2 Å². The number of hydrogen-bond acceptors (Lipinski definition) is 1. The van der Waals surface area contributed by atoms with Crippen molar-refractivity contribution in [3.63, 3.8) is 0 Å². The van der Waals surface area contributed by atoms with E-state index in [-0.39, 0.29) is 0 Å². The van der Waals surface area contributed by atoms with Gasteiger partial charge in [-0.15, -0.1) is 12.3 Å².